The van der Waals surface area contributed by atoms with Crippen molar-refractivity contribution >= 4 is 17.2 Å². The molecule has 2 heterocycles. The first-order chi connectivity index (χ1) is 11.7. The Morgan fingerprint density at radius 2 is 1.92 bits per heavy atom. The minimum atomic E-state index is -0.309. The maximum Gasteiger partial charge on any atom is 0.222 e. The zero-order chi connectivity index (χ0) is 16.8. The first-order valence-corrected chi connectivity index (χ1v) is 9.62. The van der Waals surface area contributed by atoms with Crippen LogP contribution in [0, 0.1) is 5.92 Å². The number of amides is 1. The summed E-state index contributed by atoms with van der Waals surface area (Å²) in [6.45, 7) is 1.56. The molecule has 24 heavy (non-hydrogen) atoms. The fourth-order valence-corrected chi connectivity index (χ4v) is 4.11. The molecule has 1 fully saturated rings. The van der Waals surface area contributed by atoms with Crippen molar-refractivity contribution in [2.75, 3.05) is 13.1 Å². The number of nitrogens with zero attached hydrogens (tertiary/aromatic N) is 1. The fourth-order valence-electron chi connectivity index (χ4n) is 3.40. The molecule has 1 N–H and O–H groups in total. The highest BCUT2D eigenvalue weighted by Crippen LogP contribution is 2.24. The molecular weight excluding hydrogens is 318 g/mol. The first kappa shape index (κ1) is 17.2. The van der Waals surface area contributed by atoms with Crippen LogP contribution in [0.5, 0.6) is 0 Å². The van der Waals surface area contributed by atoms with Gasteiger partial charge in [0.1, 0.15) is 0 Å². The summed E-state index contributed by atoms with van der Waals surface area (Å²) >= 11 is 1.71. The van der Waals surface area contributed by atoms with Gasteiger partial charge in [-0.05, 0) is 48.6 Å². The molecule has 0 aliphatic carbocycles. The van der Waals surface area contributed by atoms with Crippen molar-refractivity contribution in [3.8, 4) is 0 Å². The van der Waals surface area contributed by atoms with Gasteiger partial charge in [0.2, 0.25) is 5.91 Å². The number of hydrogen-bond donors (Lipinski definition) is 1. The van der Waals surface area contributed by atoms with Gasteiger partial charge in [0.15, 0.2) is 0 Å². The van der Waals surface area contributed by atoms with Crippen LogP contribution in [-0.4, -0.2) is 35.1 Å². The summed E-state index contributed by atoms with van der Waals surface area (Å²) in [7, 11) is 0. The highest BCUT2D eigenvalue weighted by atomic mass is 32.1. The number of carbonyl (C=O) groups excluding carboxylic acids is 1. The molecule has 0 saturated carbocycles. The second kappa shape index (κ2) is 8.45. The standard InChI is InChI=1S/C20H25NO2S/c22-19(15-16-5-2-1-3-6-16)17-10-12-21(13-11-17)20(23)9-8-18-7-4-14-24-18/h1-7,14,17,19,22H,8-13,15H2/t19-/m1/s1. The zero-order valence-electron chi connectivity index (χ0n) is 13.9. The van der Waals surface area contributed by atoms with Crippen LogP contribution in [-0.2, 0) is 17.6 Å². The third-order valence-corrected chi connectivity index (χ3v) is 5.83. The van der Waals surface area contributed by atoms with Crippen LogP contribution >= 0.6 is 11.3 Å². The van der Waals surface area contributed by atoms with E-state index < -0.39 is 0 Å². The molecule has 0 bridgehead atoms. The summed E-state index contributed by atoms with van der Waals surface area (Å²) in [5, 5.41) is 12.5. The minimum absolute atomic E-state index is 0.249. The van der Waals surface area contributed by atoms with Gasteiger partial charge in [-0.3, -0.25) is 4.79 Å². The molecule has 1 aromatic carbocycles. The van der Waals surface area contributed by atoms with Crippen molar-refractivity contribution in [2.45, 2.75) is 38.2 Å². The number of piperidine rings is 1. The Bertz CT molecular complexity index is 618. The van der Waals surface area contributed by atoms with E-state index in [1.54, 1.807) is 11.3 Å². The number of carbonyl (C=O) groups is 1. The average molecular weight is 343 g/mol. The highest BCUT2D eigenvalue weighted by Gasteiger charge is 2.27. The average Bonchev–Trinajstić information content (AvgIpc) is 3.14. The Morgan fingerprint density at radius 1 is 1.17 bits per heavy atom. The molecule has 0 spiro atoms. The fraction of sp³-hybridized carbons (Fsp3) is 0.450. The maximum atomic E-state index is 12.3. The second-order valence-electron chi connectivity index (χ2n) is 6.55. The molecule has 1 atom stereocenters. The highest BCUT2D eigenvalue weighted by molar-refractivity contribution is 7.09. The van der Waals surface area contributed by atoms with E-state index in [2.05, 4.69) is 23.6 Å². The molecule has 1 aromatic heterocycles. The number of likely N-dealkylation sites (tertiary alicyclic amines) is 1. The lowest BCUT2D eigenvalue weighted by molar-refractivity contribution is -0.133. The zero-order valence-corrected chi connectivity index (χ0v) is 14.8. The molecule has 128 valence electrons. The summed E-state index contributed by atoms with van der Waals surface area (Å²) in [5.41, 5.74) is 1.18. The van der Waals surface area contributed by atoms with Crippen LogP contribution in [0.25, 0.3) is 0 Å². The van der Waals surface area contributed by atoms with Crippen molar-refractivity contribution in [3.63, 3.8) is 0 Å². The number of aliphatic hydroxyl groups is 1. The van der Waals surface area contributed by atoms with Crippen LogP contribution in [0.1, 0.15) is 29.7 Å². The smallest absolute Gasteiger partial charge is 0.222 e. The van der Waals surface area contributed by atoms with Crippen molar-refractivity contribution < 1.29 is 9.90 Å². The van der Waals surface area contributed by atoms with Crippen LogP contribution in [0.4, 0.5) is 0 Å². The van der Waals surface area contributed by atoms with E-state index in [9.17, 15) is 9.90 Å². The van der Waals surface area contributed by atoms with Gasteiger partial charge in [-0.25, -0.2) is 0 Å². The van der Waals surface area contributed by atoms with Gasteiger partial charge >= 0.3 is 0 Å². The summed E-state index contributed by atoms with van der Waals surface area (Å²) in [5.74, 6) is 0.547. The van der Waals surface area contributed by atoms with Gasteiger partial charge < -0.3 is 10.0 Å². The molecule has 3 rings (SSSR count). The Hall–Kier alpha value is -1.65. The van der Waals surface area contributed by atoms with E-state index in [-0.39, 0.29) is 12.0 Å². The Labute approximate surface area is 147 Å². The molecule has 1 aliphatic heterocycles. The predicted octanol–water partition coefficient (Wildman–Crippen LogP) is 3.52. The molecule has 0 radical (unpaired) electrons. The number of rotatable bonds is 6. The quantitative estimate of drug-likeness (QED) is 0.872. The van der Waals surface area contributed by atoms with E-state index in [1.165, 1.54) is 10.4 Å². The largest absolute Gasteiger partial charge is 0.392 e. The van der Waals surface area contributed by atoms with Crippen molar-refractivity contribution in [3.05, 3.63) is 58.3 Å². The van der Waals surface area contributed by atoms with Crippen LogP contribution in [0.15, 0.2) is 47.8 Å². The summed E-state index contributed by atoms with van der Waals surface area (Å²) in [6.07, 6.45) is 3.64. The van der Waals surface area contributed by atoms with Gasteiger partial charge in [-0.1, -0.05) is 36.4 Å². The topological polar surface area (TPSA) is 40.5 Å². The number of thiophene rings is 1. The van der Waals surface area contributed by atoms with E-state index in [0.29, 0.717) is 18.8 Å². The lowest BCUT2D eigenvalue weighted by Crippen LogP contribution is -2.41. The van der Waals surface area contributed by atoms with Crippen molar-refractivity contribution in [1.29, 1.82) is 0 Å². The molecule has 2 aromatic rings. The second-order valence-corrected chi connectivity index (χ2v) is 7.59. The van der Waals surface area contributed by atoms with E-state index >= 15 is 0 Å². The molecule has 1 amide bonds. The molecule has 1 aliphatic rings. The summed E-state index contributed by atoms with van der Waals surface area (Å²) in [6, 6.07) is 14.3. The molecule has 4 heteroatoms. The minimum Gasteiger partial charge on any atom is -0.392 e. The van der Waals surface area contributed by atoms with E-state index in [1.807, 2.05) is 29.2 Å². The maximum absolute atomic E-state index is 12.3. The number of aryl methyl sites for hydroxylation is 1. The number of aliphatic hydroxyl groups excluding tert-OH is 1. The molecule has 3 nitrogen and oxygen atoms in total. The normalized spacial score (nSPS) is 17.0. The Morgan fingerprint density at radius 3 is 2.58 bits per heavy atom. The first-order valence-electron chi connectivity index (χ1n) is 8.74. The number of benzene rings is 1. The molecule has 0 unspecified atom stereocenters. The van der Waals surface area contributed by atoms with E-state index in [4.69, 9.17) is 0 Å². The van der Waals surface area contributed by atoms with Gasteiger partial charge in [0.05, 0.1) is 6.10 Å². The van der Waals surface area contributed by atoms with Crippen LogP contribution in [0.2, 0.25) is 0 Å². The summed E-state index contributed by atoms with van der Waals surface area (Å²) < 4.78 is 0. The third kappa shape index (κ3) is 4.68. The summed E-state index contributed by atoms with van der Waals surface area (Å²) in [4.78, 5) is 15.6. The Kier molecular flexibility index (Phi) is 6.05. The SMILES string of the molecule is O=C(CCc1cccs1)N1CCC([C@H](O)Cc2ccccc2)CC1. The van der Waals surface area contributed by atoms with E-state index in [0.717, 1.165) is 32.4 Å². The lowest BCUT2D eigenvalue weighted by Gasteiger charge is -2.34. The molecular formula is C20H25NO2S. The Balaban J connectivity index is 1.42. The van der Waals surface area contributed by atoms with Crippen LogP contribution in [0.3, 0.4) is 0 Å². The molecule has 1 saturated heterocycles. The van der Waals surface area contributed by atoms with Crippen molar-refractivity contribution in [2.24, 2.45) is 5.92 Å². The van der Waals surface area contributed by atoms with Gasteiger partial charge in [-0.15, -0.1) is 11.3 Å². The van der Waals surface area contributed by atoms with Gasteiger partial charge in [-0.2, -0.15) is 0 Å². The number of hydrogen-bond acceptors (Lipinski definition) is 3. The van der Waals surface area contributed by atoms with Gasteiger partial charge in [0, 0.05) is 24.4 Å². The van der Waals surface area contributed by atoms with Crippen molar-refractivity contribution in [1.82, 2.24) is 4.90 Å². The van der Waals surface area contributed by atoms with Gasteiger partial charge in [0.25, 0.3) is 0 Å². The predicted molar refractivity (Wildman–Crippen MR) is 98.1 cm³/mol. The monoisotopic (exact) mass is 343 g/mol. The lowest BCUT2D eigenvalue weighted by atomic mass is 9.88. The van der Waals surface area contributed by atoms with Crippen LogP contribution < -0.4 is 0 Å². The third-order valence-electron chi connectivity index (χ3n) is 4.89.